The third kappa shape index (κ3) is 4.05. The molecule has 1 aliphatic carbocycles. The molecule has 158 valence electrons. The summed E-state index contributed by atoms with van der Waals surface area (Å²) >= 11 is 0. The molecule has 2 aliphatic rings. The van der Waals surface area contributed by atoms with E-state index in [-0.39, 0.29) is 6.04 Å². The Balaban J connectivity index is 1.31. The smallest absolute Gasteiger partial charge is 0.124 e. The molecule has 0 spiro atoms. The molecular formula is C28H29NO2. The van der Waals surface area contributed by atoms with Gasteiger partial charge in [-0.25, -0.2) is 0 Å². The number of allylic oxidation sites excluding steroid dienone is 2. The number of hydrogen-bond donors (Lipinski definition) is 1. The molecule has 3 atom stereocenters. The van der Waals surface area contributed by atoms with Gasteiger partial charge in [0.2, 0.25) is 0 Å². The molecule has 0 aromatic heterocycles. The molecule has 1 heterocycles. The van der Waals surface area contributed by atoms with Gasteiger partial charge in [-0.1, -0.05) is 60.7 Å². The summed E-state index contributed by atoms with van der Waals surface area (Å²) in [6.07, 6.45) is 7.82. The van der Waals surface area contributed by atoms with Crippen LogP contribution in [0.1, 0.15) is 41.5 Å². The number of methoxy groups -OCH3 is 1. The Kier molecular flexibility index (Phi) is 5.66. The minimum absolute atomic E-state index is 0.237. The number of aryl methyl sites for hydroxylation is 1. The fraction of sp³-hybridized carbons (Fsp3) is 0.286. The Morgan fingerprint density at radius 3 is 2.65 bits per heavy atom. The average molecular weight is 412 g/mol. The standard InChI is InChI=1S/C28H29NO2/c1-30-27-15-6-5-12-24(27)28-23-14-7-13-22(23)25-19-21(16-17-26(25)29-28)31-18-8-11-20-9-3-2-4-10-20/h2-7,9-10,12-13,15-17,19,22-23,28-29H,8,11,14,18H2,1H3. The van der Waals surface area contributed by atoms with Gasteiger partial charge < -0.3 is 14.8 Å². The van der Waals surface area contributed by atoms with Crippen LogP contribution in [0.4, 0.5) is 5.69 Å². The molecule has 3 unspecified atom stereocenters. The highest BCUT2D eigenvalue weighted by atomic mass is 16.5. The molecule has 0 bridgehead atoms. The lowest BCUT2D eigenvalue weighted by Gasteiger charge is -2.38. The quantitative estimate of drug-likeness (QED) is 0.354. The second kappa shape index (κ2) is 8.89. The number of benzene rings is 3. The van der Waals surface area contributed by atoms with E-state index < -0.39 is 0 Å². The third-order valence-electron chi connectivity index (χ3n) is 6.53. The fourth-order valence-corrected chi connectivity index (χ4v) is 5.00. The molecule has 0 saturated heterocycles. The van der Waals surface area contributed by atoms with Crippen LogP contribution in [0, 0.1) is 5.92 Å². The summed E-state index contributed by atoms with van der Waals surface area (Å²) in [5, 5.41) is 3.80. The zero-order valence-corrected chi connectivity index (χ0v) is 18.0. The average Bonchev–Trinajstić information content (AvgIpc) is 3.32. The van der Waals surface area contributed by atoms with Crippen molar-refractivity contribution >= 4 is 5.69 Å². The third-order valence-corrected chi connectivity index (χ3v) is 6.53. The van der Waals surface area contributed by atoms with Crippen molar-refractivity contribution < 1.29 is 9.47 Å². The van der Waals surface area contributed by atoms with E-state index in [1.54, 1.807) is 7.11 Å². The molecule has 1 aliphatic heterocycles. The van der Waals surface area contributed by atoms with Crippen LogP contribution in [0.2, 0.25) is 0 Å². The maximum absolute atomic E-state index is 6.12. The molecule has 0 amide bonds. The molecule has 0 saturated carbocycles. The van der Waals surface area contributed by atoms with Gasteiger partial charge in [-0.15, -0.1) is 0 Å². The van der Waals surface area contributed by atoms with E-state index in [9.17, 15) is 0 Å². The van der Waals surface area contributed by atoms with Crippen molar-refractivity contribution in [2.75, 3.05) is 19.0 Å². The van der Waals surface area contributed by atoms with Gasteiger partial charge in [-0.05, 0) is 60.6 Å². The van der Waals surface area contributed by atoms with Crippen LogP contribution in [0.5, 0.6) is 11.5 Å². The zero-order valence-electron chi connectivity index (χ0n) is 18.0. The van der Waals surface area contributed by atoms with Crippen LogP contribution in [0.25, 0.3) is 0 Å². The van der Waals surface area contributed by atoms with Gasteiger partial charge >= 0.3 is 0 Å². The van der Waals surface area contributed by atoms with E-state index in [4.69, 9.17) is 9.47 Å². The van der Waals surface area contributed by atoms with Gasteiger partial charge in [0, 0.05) is 17.2 Å². The summed E-state index contributed by atoms with van der Waals surface area (Å²) in [5.41, 5.74) is 5.13. The van der Waals surface area contributed by atoms with Gasteiger partial charge in [-0.3, -0.25) is 0 Å². The maximum Gasteiger partial charge on any atom is 0.124 e. The van der Waals surface area contributed by atoms with Crippen molar-refractivity contribution in [3.05, 3.63) is 102 Å². The van der Waals surface area contributed by atoms with E-state index >= 15 is 0 Å². The van der Waals surface area contributed by atoms with Crippen molar-refractivity contribution in [3.8, 4) is 11.5 Å². The summed E-state index contributed by atoms with van der Waals surface area (Å²) in [4.78, 5) is 0. The second-order valence-electron chi connectivity index (χ2n) is 8.40. The molecule has 3 heteroatoms. The molecule has 3 nitrogen and oxygen atoms in total. The van der Waals surface area contributed by atoms with Crippen molar-refractivity contribution in [2.45, 2.75) is 31.2 Å². The van der Waals surface area contributed by atoms with Crippen molar-refractivity contribution in [2.24, 2.45) is 5.92 Å². The number of anilines is 1. The van der Waals surface area contributed by atoms with Gasteiger partial charge in [0.15, 0.2) is 0 Å². The number of fused-ring (bicyclic) bond motifs is 3. The molecular weight excluding hydrogens is 382 g/mol. The minimum Gasteiger partial charge on any atom is -0.496 e. The lowest BCUT2D eigenvalue weighted by molar-refractivity contribution is 0.310. The Labute approximate surface area is 184 Å². The first-order valence-corrected chi connectivity index (χ1v) is 11.2. The minimum atomic E-state index is 0.237. The number of rotatable bonds is 7. The van der Waals surface area contributed by atoms with Crippen LogP contribution in [-0.2, 0) is 6.42 Å². The van der Waals surface area contributed by atoms with Gasteiger partial charge in [0.05, 0.1) is 19.8 Å². The van der Waals surface area contributed by atoms with E-state index in [0.717, 1.165) is 37.4 Å². The normalized spacial score (nSPS) is 21.1. The highest BCUT2D eigenvalue weighted by Gasteiger charge is 2.39. The first-order valence-electron chi connectivity index (χ1n) is 11.2. The summed E-state index contributed by atoms with van der Waals surface area (Å²) in [7, 11) is 1.75. The first-order chi connectivity index (χ1) is 15.3. The monoisotopic (exact) mass is 411 g/mol. The van der Waals surface area contributed by atoms with Crippen molar-refractivity contribution in [3.63, 3.8) is 0 Å². The summed E-state index contributed by atoms with van der Waals surface area (Å²) < 4.78 is 11.8. The zero-order chi connectivity index (χ0) is 21.0. The van der Waals surface area contributed by atoms with Crippen molar-refractivity contribution in [1.29, 1.82) is 0 Å². The number of nitrogens with one attached hydrogen (secondary N) is 1. The Hall–Kier alpha value is -3.20. The number of para-hydroxylation sites is 1. The molecule has 1 N–H and O–H groups in total. The molecule has 5 rings (SSSR count). The van der Waals surface area contributed by atoms with Gasteiger partial charge in [0.1, 0.15) is 11.5 Å². The number of hydrogen-bond acceptors (Lipinski definition) is 3. The Morgan fingerprint density at radius 2 is 1.77 bits per heavy atom. The van der Waals surface area contributed by atoms with E-state index in [2.05, 4.69) is 84.2 Å². The molecule has 3 aromatic rings. The highest BCUT2D eigenvalue weighted by molar-refractivity contribution is 5.62. The molecule has 0 radical (unpaired) electrons. The van der Waals surface area contributed by atoms with E-state index in [1.807, 2.05) is 6.07 Å². The van der Waals surface area contributed by atoms with Gasteiger partial charge in [-0.2, -0.15) is 0 Å². The topological polar surface area (TPSA) is 30.5 Å². The van der Waals surface area contributed by atoms with Crippen LogP contribution in [0.3, 0.4) is 0 Å². The van der Waals surface area contributed by atoms with E-state index in [1.165, 1.54) is 22.4 Å². The lowest BCUT2D eigenvalue weighted by atomic mass is 9.77. The fourth-order valence-electron chi connectivity index (χ4n) is 5.00. The molecule has 0 fully saturated rings. The molecule has 3 aromatic carbocycles. The summed E-state index contributed by atoms with van der Waals surface area (Å²) in [6, 6.07) is 25.7. The SMILES string of the molecule is COc1ccccc1C1Nc2ccc(OCCCc3ccccc3)cc2C2C=CCC21. The van der Waals surface area contributed by atoms with E-state index in [0.29, 0.717) is 11.8 Å². The van der Waals surface area contributed by atoms with Crippen molar-refractivity contribution in [1.82, 2.24) is 0 Å². The van der Waals surface area contributed by atoms with Crippen LogP contribution in [-0.4, -0.2) is 13.7 Å². The first kappa shape index (κ1) is 19.7. The second-order valence-corrected chi connectivity index (χ2v) is 8.40. The van der Waals surface area contributed by atoms with Crippen LogP contribution >= 0.6 is 0 Å². The highest BCUT2D eigenvalue weighted by Crippen LogP contribution is 2.51. The predicted molar refractivity (Wildman–Crippen MR) is 126 cm³/mol. The largest absolute Gasteiger partial charge is 0.496 e. The van der Waals surface area contributed by atoms with Crippen LogP contribution < -0.4 is 14.8 Å². The Morgan fingerprint density at radius 1 is 0.935 bits per heavy atom. The maximum atomic E-state index is 6.12. The molecule has 31 heavy (non-hydrogen) atoms. The Bertz CT molecular complexity index is 1060. The lowest BCUT2D eigenvalue weighted by Crippen LogP contribution is -2.29. The summed E-state index contributed by atoms with van der Waals surface area (Å²) in [6.45, 7) is 0.731. The van der Waals surface area contributed by atoms with Crippen LogP contribution in [0.15, 0.2) is 84.9 Å². The van der Waals surface area contributed by atoms with Gasteiger partial charge in [0.25, 0.3) is 0 Å². The number of ether oxygens (including phenoxy) is 2. The summed E-state index contributed by atoms with van der Waals surface area (Å²) in [5.74, 6) is 2.80. The predicted octanol–water partition coefficient (Wildman–Crippen LogP) is 6.53.